The Bertz CT molecular complexity index is 562. The van der Waals surface area contributed by atoms with Gasteiger partial charge < -0.3 is 10.3 Å². The van der Waals surface area contributed by atoms with E-state index in [9.17, 15) is 0 Å². The molecule has 0 amide bonds. The monoisotopic (exact) mass is 213 g/mol. The zero-order valence-electron chi connectivity index (χ0n) is 9.19. The SMILES string of the molecule is NC1(c2ccc3c(c2)ncn3C2CC2)CC1. The summed E-state index contributed by atoms with van der Waals surface area (Å²) in [4.78, 5) is 4.49. The molecule has 16 heavy (non-hydrogen) atoms. The van der Waals surface area contributed by atoms with Gasteiger partial charge >= 0.3 is 0 Å². The maximum absolute atomic E-state index is 6.20. The number of hydrogen-bond acceptors (Lipinski definition) is 2. The topological polar surface area (TPSA) is 43.8 Å². The van der Waals surface area contributed by atoms with Gasteiger partial charge in [-0.15, -0.1) is 0 Å². The van der Waals surface area contributed by atoms with Crippen molar-refractivity contribution in [3.63, 3.8) is 0 Å². The summed E-state index contributed by atoms with van der Waals surface area (Å²) in [6.07, 6.45) is 6.80. The van der Waals surface area contributed by atoms with Crippen molar-refractivity contribution in [2.24, 2.45) is 5.73 Å². The van der Waals surface area contributed by atoms with Crippen molar-refractivity contribution in [1.29, 1.82) is 0 Å². The van der Waals surface area contributed by atoms with Crippen LogP contribution in [0.2, 0.25) is 0 Å². The van der Waals surface area contributed by atoms with Crippen LogP contribution in [0.25, 0.3) is 11.0 Å². The van der Waals surface area contributed by atoms with Gasteiger partial charge in [0, 0.05) is 11.6 Å². The molecule has 2 aliphatic rings. The van der Waals surface area contributed by atoms with Crippen LogP contribution in [0.3, 0.4) is 0 Å². The van der Waals surface area contributed by atoms with E-state index < -0.39 is 0 Å². The third kappa shape index (κ3) is 1.15. The van der Waals surface area contributed by atoms with Gasteiger partial charge in [0.25, 0.3) is 0 Å². The van der Waals surface area contributed by atoms with Crippen LogP contribution < -0.4 is 5.73 Å². The van der Waals surface area contributed by atoms with Crippen LogP contribution in [0.4, 0.5) is 0 Å². The van der Waals surface area contributed by atoms with Gasteiger partial charge in [0.1, 0.15) is 0 Å². The molecule has 0 aliphatic heterocycles. The van der Waals surface area contributed by atoms with Crippen LogP contribution in [0.1, 0.15) is 37.3 Å². The summed E-state index contributed by atoms with van der Waals surface area (Å²) in [6.45, 7) is 0. The average molecular weight is 213 g/mol. The van der Waals surface area contributed by atoms with E-state index in [1.54, 1.807) is 0 Å². The molecule has 2 aliphatic carbocycles. The van der Waals surface area contributed by atoms with E-state index in [-0.39, 0.29) is 5.54 Å². The first-order valence-electron chi connectivity index (χ1n) is 6.02. The molecule has 0 radical (unpaired) electrons. The Kier molecular flexibility index (Phi) is 1.46. The fourth-order valence-corrected chi connectivity index (χ4v) is 2.41. The summed E-state index contributed by atoms with van der Waals surface area (Å²) in [5, 5.41) is 0. The summed E-state index contributed by atoms with van der Waals surface area (Å²) < 4.78 is 2.30. The van der Waals surface area contributed by atoms with Crippen LogP contribution in [0, 0.1) is 0 Å². The van der Waals surface area contributed by atoms with Crippen LogP contribution >= 0.6 is 0 Å². The molecular weight excluding hydrogens is 198 g/mol. The minimum absolute atomic E-state index is 0.0441. The molecule has 1 aromatic heterocycles. The number of fused-ring (bicyclic) bond motifs is 1. The minimum Gasteiger partial charge on any atom is -0.327 e. The van der Waals surface area contributed by atoms with Crippen molar-refractivity contribution in [2.75, 3.05) is 0 Å². The van der Waals surface area contributed by atoms with Crippen molar-refractivity contribution in [1.82, 2.24) is 9.55 Å². The van der Waals surface area contributed by atoms with E-state index in [4.69, 9.17) is 5.73 Å². The van der Waals surface area contributed by atoms with Crippen LogP contribution in [-0.2, 0) is 5.54 Å². The van der Waals surface area contributed by atoms with Crippen molar-refractivity contribution < 1.29 is 0 Å². The number of aromatic nitrogens is 2. The summed E-state index contributed by atoms with van der Waals surface area (Å²) in [5.74, 6) is 0. The fourth-order valence-electron chi connectivity index (χ4n) is 2.41. The summed E-state index contributed by atoms with van der Waals surface area (Å²) in [7, 11) is 0. The normalized spacial score (nSPS) is 22.6. The highest BCUT2D eigenvalue weighted by molar-refractivity contribution is 5.77. The Morgan fingerprint density at radius 2 is 2.12 bits per heavy atom. The van der Waals surface area contributed by atoms with Gasteiger partial charge in [0.2, 0.25) is 0 Å². The molecule has 2 saturated carbocycles. The van der Waals surface area contributed by atoms with Crippen molar-refractivity contribution in [3.8, 4) is 0 Å². The highest BCUT2D eigenvalue weighted by Gasteiger charge is 2.40. The van der Waals surface area contributed by atoms with Gasteiger partial charge in [-0.3, -0.25) is 0 Å². The predicted molar refractivity (Wildman–Crippen MR) is 63.1 cm³/mol. The number of rotatable bonds is 2. The van der Waals surface area contributed by atoms with Gasteiger partial charge in [-0.1, -0.05) is 6.07 Å². The molecule has 2 fully saturated rings. The quantitative estimate of drug-likeness (QED) is 0.832. The molecular formula is C13H15N3. The number of benzene rings is 1. The third-order valence-electron chi connectivity index (χ3n) is 3.88. The lowest BCUT2D eigenvalue weighted by Gasteiger charge is -2.09. The summed E-state index contributed by atoms with van der Waals surface area (Å²) >= 11 is 0. The molecule has 0 atom stereocenters. The lowest BCUT2D eigenvalue weighted by molar-refractivity contribution is 0.740. The molecule has 1 heterocycles. The summed E-state index contributed by atoms with van der Waals surface area (Å²) in [5.41, 5.74) is 9.77. The van der Waals surface area contributed by atoms with E-state index in [0.717, 1.165) is 18.4 Å². The molecule has 2 aromatic rings. The highest BCUT2D eigenvalue weighted by atomic mass is 15.1. The Morgan fingerprint density at radius 1 is 1.31 bits per heavy atom. The zero-order chi connectivity index (χ0) is 10.8. The second kappa shape index (κ2) is 2.66. The van der Waals surface area contributed by atoms with Gasteiger partial charge in [-0.05, 0) is 43.4 Å². The van der Waals surface area contributed by atoms with Gasteiger partial charge in [-0.25, -0.2) is 4.98 Å². The molecule has 1 aromatic carbocycles. The Morgan fingerprint density at radius 3 is 2.81 bits per heavy atom. The molecule has 3 heteroatoms. The minimum atomic E-state index is -0.0441. The van der Waals surface area contributed by atoms with E-state index in [2.05, 4.69) is 27.8 Å². The fraction of sp³-hybridized carbons (Fsp3) is 0.462. The van der Waals surface area contributed by atoms with Crippen molar-refractivity contribution >= 4 is 11.0 Å². The molecule has 0 spiro atoms. The van der Waals surface area contributed by atoms with Gasteiger partial charge in [0.15, 0.2) is 0 Å². The van der Waals surface area contributed by atoms with E-state index >= 15 is 0 Å². The molecule has 2 N–H and O–H groups in total. The van der Waals surface area contributed by atoms with E-state index in [1.807, 2.05) is 6.33 Å². The van der Waals surface area contributed by atoms with E-state index in [0.29, 0.717) is 6.04 Å². The Hall–Kier alpha value is -1.35. The second-order valence-corrected chi connectivity index (χ2v) is 5.24. The third-order valence-corrected chi connectivity index (χ3v) is 3.88. The van der Waals surface area contributed by atoms with Crippen LogP contribution in [0.15, 0.2) is 24.5 Å². The lowest BCUT2D eigenvalue weighted by Crippen LogP contribution is -2.18. The number of nitrogens with zero attached hydrogens (tertiary/aromatic N) is 2. The Labute approximate surface area is 94.3 Å². The number of hydrogen-bond donors (Lipinski definition) is 1. The van der Waals surface area contributed by atoms with Crippen molar-refractivity contribution in [3.05, 3.63) is 30.1 Å². The lowest BCUT2D eigenvalue weighted by atomic mass is 10.1. The molecule has 82 valence electrons. The predicted octanol–water partition coefficient (Wildman–Crippen LogP) is 2.32. The highest BCUT2D eigenvalue weighted by Crippen LogP contribution is 2.44. The smallest absolute Gasteiger partial charge is 0.0960 e. The average Bonchev–Trinajstić information content (AvgIpc) is 3.21. The molecule has 0 unspecified atom stereocenters. The zero-order valence-corrected chi connectivity index (χ0v) is 9.19. The second-order valence-electron chi connectivity index (χ2n) is 5.24. The number of nitrogens with two attached hydrogens (primary N) is 1. The standard InChI is InChI=1S/C13H15N3/c14-13(5-6-13)9-1-4-12-11(7-9)15-8-16(12)10-2-3-10/h1,4,7-8,10H,2-3,5-6,14H2. The first-order valence-corrected chi connectivity index (χ1v) is 6.02. The largest absolute Gasteiger partial charge is 0.327 e. The molecule has 0 saturated heterocycles. The van der Waals surface area contributed by atoms with Gasteiger partial charge in [-0.2, -0.15) is 0 Å². The first kappa shape index (κ1) is 8.76. The maximum atomic E-state index is 6.20. The maximum Gasteiger partial charge on any atom is 0.0960 e. The number of imidazole rings is 1. The van der Waals surface area contributed by atoms with Crippen molar-refractivity contribution in [2.45, 2.75) is 37.3 Å². The molecule has 0 bridgehead atoms. The van der Waals surface area contributed by atoms with Crippen LogP contribution in [0.5, 0.6) is 0 Å². The first-order chi connectivity index (χ1) is 7.76. The summed E-state index contributed by atoms with van der Waals surface area (Å²) in [6, 6.07) is 7.23. The van der Waals surface area contributed by atoms with Crippen LogP contribution in [-0.4, -0.2) is 9.55 Å². The molecule has 3 nitrogen and oxygen atoms in total. The molecule has 4 rings (SSSR count). The van der Waals surface area contributed by atoms with Gasteiger partial charge in [0.05, 0.1) is 17.4 Å². The van der Waals surface area contributed by atoms with E-state index in [1.165, 1.54) is 23.9 Å². The Balaban J connectivity index is 1.87.